The SMILES string of the molecule is Cc1cc(C(O)C2CCOC3(CCOC3)C2)sc1C. The fourth-order valence-electron chi connectivity index (χ4n) is 3.18. The second kappa shape index (κ2) is 5.17. The minimum absolute atomic E-state index is 0.120. The van der Waals surface area contributed by atoms with Crippen LogP contribution in [0.3, 0.4) is 0 Å². The Morgan fingerprint density at radius 2 is 2.26 bits per heavy atom. The summed E-state index contributed by atoms with van der Waals surface area (Å²) in [6.45, 7) is 6.46. The van der Waals surface area contributed by atoms with Crippen LogP contribution in [0, 0.1) is 19.8 Å². The summed E-state index contributed by atoms with van der Waals surface area (Å²) < 4.78 is 11.4. The van der Waals surface area contributed by atoms with Crippen molar-refractivity contribution in [3.05, 3.63) is 21.4 Å². The molecule has 0 aromatic carbocycles. The molecule has 0 radical (unpaired) electrons. The number of aliphatic hydroxyl groups excluding tert-OH is 1. The highest BCUT2D eigenvalue weighted by Crippen LogP contribution is 2.42. The van der Waals surface area contributed by atoms with E-state index in [2.05, 4.69) is 19.9 Å². The second-order valence-corrected chi connectivity index (χ2v) is 7.21. The van der Waals surface area contributed by atoms with Gasteiger partial charge in [0.25, 0.3) is 0 Å². The Morgan fingerprint density at radius 1 is 1.42 bits per heavy atom. The number of hydrogen-bond donors (Lipinski definition) is 1. The molecular weight excluding hydrogens is 260 g/mol. The van der Waals surface area contributed by atoms with Gasteiger partial charge < -0.3 is 14.6 Å². The molecule has 1 aromatic rings. The van der Waals surface area contributed by atoms with Crippen molar-refractivity contribution in [3.63, 3.8) is 0 Å². The lowest BCUT2D eigenvalue weighted by Crippen LogP contribution is -2.41. The summed E-state index contributed by atoms with van der Waals surface area (Å²) in [6.07, 6.45) is 2.49. The second-order valence-electron chi connectivity index (χ2n) is 5.92. The van der Waals surface area contributed by atoms with Gasteiger partial charge in [0.2, 0.25) is 0 Å². The zero-order valence-electron chi connectivity index (χ0n) is 11.6. The van der Waals surface area contributed by atoms with Gasteiger partial charge in [-0.25, -0.2) is 0 Å². The molecule has 2 fully saturated rings. The number of rotatable bonds is 2. The molecule has 3 nitrogen and oxygen atoms in total. The van der Waals surface area contributed by atoms with Crippen LogP contribution in [0.1, 0.15) is 40.7 Å². The summed E-state index contributed by atoms with van der Waals surface area (Å²) in [4.78, 5) is 2.41. The molecule has 3 rings (SSSR count). The summed E-state index contributed by atoms with van der Waals surface area (Å²) in [5.41, 5.74) is 1.16. The molecular formula is C15H22O3S. The van der Waals surface area contributed by atoms with Crippen molar-refractivity contribution in [1.29, 1.82) is 0 Å². The van der Waals surface area contributed by atoms with E-state index < -0.39 is 0 Å². The quantitative estimate of drug-likeness (QED) is 0.906. The normalized spacial score (nSPS) is 32.9. The van der Waals surface area contributed by atoms with E-state index >= 15 is 0 Å². The Kier molecular flexibility index (Phi) is 3.69. The highest BCUT2D eigenvalue weighted by atomic mass is 32.1. The average molecular weight is 282 g/mol. The van der Waals surface area contributed by atoms with E-state index in [0.29, 0.717) is 12.5 Å². The predicted molar refractivity (Wildman–Crippen MR) is 75.6 cm³/mol. The van der Waals surface area contributed by atoms with Crippen LogP contribution in [0.25, 0.3) is 0 Å². The van der Waals surface area contributed by atoms with Crippen molar-refractivity contribution in [2.24, 2.45) is 5.92 Å². The topological polar surface area (TPSA) is 38.7 Å². The van der Waals surface area contributed by atoms with E-state index in [9.17, 15) is 5.11 Å². The Bertz CT molecular complexity index is 429. The van der Waals surface area contributed by atoms with Crippen LogP contribution in [-0.2, 0) is 9.47 Å². The van der Waals surface area contributed by atoms with Gasteiger partial charge in [-0.2, -0.15) is 0 Å². The number of thiophene rings is 1. The van der Waals surface area contributed by atoms with Crippen molar-refractivity contribution in [1.82, 2.24) is 0 Å². The van der Waals surface area contributed by atoms with Gasteiger partial charge in [0.1, 0.15) is 0 Å². The van der Waals surface area contributed by atoms with Crippen LogP contribution >= 0.6 is 11.3 Å². The lowest BCUT2D eigenvalue weighted by atomic mass is 9.82. The molecule has 2 saturated heterocycles. The minimum atomic E-state index is -0.348. The minimum Gasteiger partial charge on any atom is -0.387 e. The molecule has 1 aromatic heterocycles. The van der Waals surface area contributed by atoms with Crippen LogP contribution in [0.5, 0.6) is 0 Å². The van der Waals surface area contributed by atoms with E-state index in [4.69, 9.17) is 9.47 Å². The van der Waals surface area contributed by atoms with Gasteiger partial charge in [0.15, 0.2) is 0 Å². The lowest BCUT2D eigenvalue weighted by molar-refractivity contribution is -0.116. The van der Waals surface area contributed by atoms with Gasteiger partial charge in [-0.15, -0.1) is 11.3 Å². The van der Waals surface area contributed by atoms with Crippen molar-refractivity contribution in [2.75, 3.05) is 19.8 Å². The molecule has 0 amide bonds. The molecule has 4 heteroatoms. The van der Waals surface area contributed by atoms with Crippen LogP contribution in [0.2, 0.25) is 0 Å². The van der Waals surface area contributed by atoms with Crippen molar-refractivity contribution < 1.29 is 14.6 Å². The molecule has 3 heterocycles. The largest absolute Gasteiger partial charge is 0.387 e. The van der Waals surface area contributed by atoms with E-state index in [1.165, 1.54) is 10.4 Å². The molecule has 1 N–H and O–H groups in total. The smallest absolute Gasteiger partial charge is 0.0940 e. The summed E-state index contributed by atoms with van der Waals surface area (Å²) >= 11 is 1.73. The molecule has 1 spiro atoms. The van der Waals surface area contributed by atoms with Gasteiger partial charge in [0.05, 0.1) is 18.3 Å². The van der Waals surface area contributed by atoms with E-state index in [1.54, 1.807) is 11.3 Å². The summed E-state index contributed by atoms with van der Waals surface area (Å²) in [6, 6.07) is 2.14. The molecule has 2 aliphatic rings. The maximum absolute atomic E-state index is 10.6. The van der Waals surface area contributed by atoms with Crippen LogP contribution in [0.4, 0.5) is 0 Å². The molecule has 3 atom stereocenters. The monoisotopic (exact) mass is 282 g/mol. The van der Waals surface area contributed by atoms with E-state index in [1.807, 2.05) is 0 Å². The summed E-state index contributed by atoms with van der Waals surface area (Å²) in [5, 5.41) is 10.6. The Morgan fingerprint density at radius 3 is 2.89 bits per heavy atom. The first-order valence-electron chi connectivity index (χ1n) is 7.06. The van der Waals surface area contributed by atoms with Gasteiger partial charge >= 0.3 is 0 Å². The number of aliphatic hydroxyl groups is 1. The Labute approximate surface area is 118 Å². The number of aryl methyl sites for hydroxylation is 2. The van der Waals surface area contributed by atoms with Gasteiger partial charge in [-0.1, -0.05) is 0 Å². The van der Waals surface area contributed by atoms with Crippen molar-refractivity contribution in [2.45, 2.75) is 44.8 Å². The lowest BCUT2D eigenvalue weighted by Gasteiger charge is -2.38. The van der Waals surface area contributed by atoms with Crippen LogP contribution in [0.15, 0.2) is 6.07 Å². The van der Waals surface area contributed by atoms with Crippen molar-refractivity contribution in [3.8, 4) is 0 Å². The maximum atomic E-state index is 10.6. The fourth-order valence-corrected chi connectivity index (χ4v) is 4.30. The molecule has 0 saturated carbocycles. The average Bonchev–Trinajstić information content (AvgIpc) is 2.97. The van der Waals surface area contributed by atoms with Crippen LogP contribution < -0.4 is 0 Å². The van der Waals surface area contributed by atoms with Gasteiger partial charge in [0, 0.05) is 29.4 Å². The number of ether oxygens (including phenoxy) is 2. The molecule has 2 aliphatic heterocycles. The predicted octanol–water partition coefficient (Wildman–Crippen LogP) is 2.98. The Balaban J connectivity index is 1.74. The third kappa shape index (κ3) is 2.59. The highest BCUT2D eigenvalue weighted by molar-refractivity contribution is 7.12. The number of hydrogen-bond acceptors (Lipinski definition) is 4. The molecule has 0 bridgehead atoms. The molecule has 3 unspecified atom stereocenters. The summed E-state index contributed by atoms with van der Waals surface area (Å²) in [5.74, 6) is 0.299. The third-order valence-electron chi connectivity index (χ3n) is 4.52. The standard InChI is InChI=1S/C15H22O3S/c1-10-7-13(19-11(10)2)14(16)12-3-5-18-15(8-12)4-6-17-9-15/h7,12,14,16H,3-6,8-9H2,1-2H3. The molecule has 19 heavy (non-hydrogen) atoms. The first-order valence-corrected chi connectivity index (χ1v) is 7.88. The first-order chi connectivity index (χ1) is 9.10. The third-order valence-corrected chi connectivity index (χ3v) is 5.74. The fraction of sp³-hybridized carbons (Fsp3) is 0.733. The molecule has 0 aliphatic carbocycles. The van der Waals surface area contributed by atoms with Gasteiger partial charge in [-0.05, 0) is 44.2 Å². The van der Waals surface area contributed by atoms with E-state index in [0.717, 1.165) is 37.4 Å². The van der Waals surface area contributed by atoms with E-state index in [-0.39, 0.29) is 11.7 Å². The van der Waals surface area contributed by atoms with Crippen LogP contribution in [-0.4, -0.2) is 30.5 Å². The van der Waals surface area contributed by atoms with Gasteiger partial charge in [-0.3, -0.25) is 0 Å². The Hall–Kier alpha value is -0.420. The highest BCUT2D eigenvalue weighted by Gasteiger charge is 2.43. The first kappa shape index (κ1) is 13.6. The molecule has 106 valence electrons. The van der Waals surface area contributed by atoms with Crippen molar-refractivity contribution >= 4 is 11.3 Å². The maximum Gasteiger partial charge on any atom is 0.0940 e. The summed E-state index contributed by atoms with van der Waals surface area (Å²) in [7, 11) is 0. The zero-order valence-corrected chi connectivity index (χ0v) is 12.5. The zero-order chi connectivity index (χ0) is 13.5.